The van der Waals surface area contributed by atoms with E-state index in [0.29, 0.717) is 12.1 Å². The van der Waals surface area contributed by atoms with Crippen molar-refractivity contribution >= 4 is 0 Å². The van der Waals surface area contributed by atoms with Crippen LogP contribution in [-0.2, 0) is 6.54 Å². The Morgan fingerprint density at radius 2 is 1.76 bits per heavy atom. The Kier molecular flexibility index (Phi) is 5.77. The molecule has 1 aliphatic heterocycles. The maximum atomic E-state index is 6.13. The summed E-state index contributed by atoms with van der Waals surface area (Å²) in [6.45, 7) is 8.18. The molecule has 0 spiro atoms. The number of nitrogens with one attached hydrogen (secondary N) is 2. The molecule has 0 radical (unpaired) electrons. The van der Waals surface area contributed by atoms with E-state index in [1.165, 1.54) is 24.0 Å². The van der Waals surface area contributed by atoms with Gasteiger partial charge in [-0.2, -0.15) is 0 Å². The largest absolute Gasteiger partial charge is 0.488 e. The van der Waals surface area contributed by atoms with Gasteiger partial charge in [0.2, 0.25) is 0 Å². The Morgan fingerprint density at radius 1 is 1.04 bits per heavy atom. The first kappa shape index (κ1) is 18.0. The minimum Gasteiger partial charge on any atom is -0.488 e. The zero-order chi connectivity index (χ0) is 17.7. The van der Waals surface area contributed by atoms with Gasteiger partial charge in [0.1, 0.15) is 11.4 Å². The van der Waals surface area contributed by atoms with Crippen LogP contribution in [0.15, 0.2) is 54.6 Å². The molecular weight excluding hydrogens is 308 g/mol. The van der Waals surface area contributed by atoms with E-state index in [1.807, 2.05) is 6.07 Å². The fourth-order valence-corrected chi connectivity index (χ4v) is 3.44. The van der Waals surface area contributed by atoms with Crippen LogP contribution in [0.5, 0.6) is 5.75 Å². The minimum absolute atomic E-state index is 0.185. The first-order valence-corrected chi connectivity index (χ1v) is 9.31. The lowest BCUT2D eigenvalue weighted by Gasteiger charge is -2.34. The molecule has 0 aromatic heterocycles. The molecule has 1 fully saturated rings. The van der Waals surface area contributed by atoms with E-state index in [2.05, 4.69) is 79.9 Å². The third-order valence-electron chi connectivity index (χ3n) is 4.56. The summed E-state index contributed by atoms with van der Waals surface area (Å²) in [5, 5.41) is 7.45. The number of rotatable bonds is 5. The van der Waals surface area contributed by atoms with Gasteiger partial charge in [0.15, 0.2) is 0 Å². The van der Waals surface area contributed by atoms with Crippen LogP contribution in [0.1, 0.15) is 50.8 Å². The van der Waals surface area contributed by atoms with Crippen LogP contribution in [0.4, 0.5) is 0 Å². The van der Waals surface area contributed by atoms with Gasteiger partial charge in [-0.05, 0) is 51.8 Å². The highest BCUT2D eigenvalue weighted by Gasteiger charge is 2.26. The van der Waals surface area contributed by atoms with Gasteiger partial charge in [0, 0.05) is 24.2 Å². The molecule has 1 aliphatic rings. The maximum absolute atomic E-state index is 6.13. The number of piperidine rings is 1. The van der Waals surface area contributed by atoms with Gasteiger partial charge in [0.25, 0.3) is 0 Å². The lowest BCUT2D eigenvalue weighted by Crippen LogP contribution is -2.45. The number of hydrogen-bond donors (Lipinski definition) is 2. The van der Waals surface area contributed by atoms with Gasteiger partial charge in [-0.25, -0.2) is 0 Å². The summed E-state index contributed by atoms with van der Waals surface area (Å²) >= 11 is 0. The maximum Gasteiger partial charge on any atom is 0.124 e. The highest BCUT2D eigenvalue weighted by molar-refractivity contribution is 5.34. The average Bonchev–Trinajstić information content (AvgIpc) is 2.61. The number of benzene rings is 2. The van der Waals surface area contributed by atoms with Crippen LogP contribution in [0.2, 0.25) is 0 Å². The van der Waals surface area contributed by atoms with Gasteiger partial charge in [0.05, 0.1) is 0 Å². The molecular formula is C22H30N2O. The molecule has 2 aromatic carbocycles. The van der Waals surface area contributed by atoms with Crippen molar-refractivity contribution in [2.75, 3.05) is 6.54 Å². The van der Waals surface area contributed by atoms with Crippen LogP contribution < -0.4 is 15.4 Å². The Morgan fingerprint density at radius 3 is 2.52 bits per heavy atom. The molecule has 2 atom stereocenters. The van der Waals surface area contributed by atoms with E-state index in [9.17, 15) is 0 Å². The van der Waals surface area contributed by atoms with Gasteiger partial charge < -0.3 is 15.4 Å². The highest BCUT2D eigenvalue weighted by atomic mass is 16.5. The fourth-order valence-electron chi connectivity index (χ4n) is 3.44. The van der Waals surface area contributed by atoms with Crippen LogP contribution in [-0.4, -0.2) is 18.2 Å². The molecule has 3 heteroatoms. The van der Waals surface area contributed by atoms with Crippen LogP contribution in [0.3, 0.4) is 0 Å². The molecule has 3 rings (SSSR count). The van der Waals surface area contributed by atoms with Gasteiger partial charge in [-0.15, -0.1) is 0 Å². The average molecular weight is 338 g/mol. The lowest BCUT2D eigenvalue weighted by molar-refractivity contribution is 0.129. The van der Waals surface area contributed by atoms with Gasteiger partial charge >= 0.3 is 0 Å². The second kappa shape index (κ2) is 8.03. The summed E-state index contributed by atoms with van der Waals surface area (Å²) in [4.78, 5) is 0. The molecule has 25 heavy (non-hydrogen) atoms. The Bertz CT molecular complexity index is 663. The van der Waals surface area contributed by atoms with Crippen LogP contribution >= 0.6 is 0 Å². The number of para-hydroxylation sites is 1. The van der Waals surface area contributed by atoms with Crippen molar-refractivity contribution in [3.63, 3.8) is 0 Å². The van der Waals surface area contributed by atoms with Crippen molar-refractivity contribution < 1.29 is 4.74 Å². The molecule has 1 heterocycles. The molecule has 0 aliphatic carbocycles. The molecule has 0 amide bonds. The number of hydrogen-bond acceptors (Lipinski definition) is 3. The monoisotopic (exact) mass is 338 g/mol. The quantitative estimate of drug-likeness (QED) is 0.845. The standard InChI is InChI=1S/C22H30N2O/c1-22(2,3)25-20-14-8-7-12-18(20)16-24-19-13-9-15-23-21(19)17-10-5-4-6-11-17/h4-8,10-12,14,19,21,23-24H,9,13,15-16H2,1-3H3/t19-,21-/m0/s1. The third-order valence-corrected chi connectivity index (χ3v) is 4.56. The van der Waals surface area contributed by atoms with Crippen molar-refractivity contribution in [2.24, 2.45) is 0 Å². The summed E-state index contributed by atoms with van der Waals surface area (Å²) in [6, 6.07) is 19.9. The Balaban J connectivity index is 1.70. The Hall–Kier alpha value is -1.84. The Labute approximate surface area is 151 Å². The molecule has 2 N–H and O–H groups in total. The first-order valence-electron chi connectivity index (χ1n) is 9.31. The van der Waals surface area contributed by atoms with Crippen LogP contribution in [0.25, 0.3) is 0 Å². The van der Waals surface area contributed by atoms with E-state index in [1.54, 1.807) is 0 Å². The first-order chi connectivity index (χ1) is 12.0. The summed E-state index contributed by atoms with van der Waals surface area (Å²) in [5.74, 6) is 0.975. The van der Waals surface area contributed by atoms with Crippen molar-refractivity contribution in [2.45, 2.75) is 57.8 Å². The van der Waals surface area contributed by atoms with E-state index in [0.717, 1.165) is 18.8 Å². The van der Waals surface area contributed by atoms with Crippen LogP contribution in [0, 0.1) is 0 Å². The van der Waals surface area contributed by atoms with Crippen molar-refractivity contribution in [1.82, 2.24) is 10.6 Å². The SMILES string of the molecule is CC(C)(C)Oc1ccccc1CN[C@H]1CCCN[C@H]1c1ccccc1. The lowest BCUT2D eigenvalue weighted by atomic mass is 9.92. The predicted octanol–water partition coefficient (Wildman–Crippen LogP) is 4.45. The van der Waals surface area contributed by atoms with Gasteiger partial charge in [-0.3, -0.25) is 0 Å². The molecule has 134 valence electrons. The summed E-state index contributed by atoms with van der Waals surface area (Å²) < 4.78 is 6.13. The smallest absolute Gasteiger partial charge is 0.124 e. The molecule has 2 aromatic rings. The second-order valence-electron chi connectivity index (χ2n) is 7.79. The second-order valence-corrected chi connectivity index (χ2v) is 7.79. The molecule has 0 saturated carbocycles. The third kappa shape index (κ3) is 5.07. The van der Waals surface area contributed by atoms with E-state index in [4.69, 9.17) is 4.74 Å². The fraction of sp³-hybridized carbons (Fsp3) is 0.455. The van der Waals surface area contributed by atoms with E-state index in [-0.39, 0.29) is 5.60 Å². The summed E-state index contributed by atoms with van der Waals surface area (Å²) in [5.41, 5.74) is 2.39. The molecule has 1 saturated heterocycles. The molecule has 0 unspecified atom stereocenters. The topological polar surface area (TPSA) is 33.3 Å². The highest BCUT2D eigenvalue weighted by Crippen LogP contribution is 2.26. The zero-order valence-electron chi connectivity index (χ0n) is 15.6. The van der Waals surface area contributed by atoms with Gasteiger partial charge in [-0.1, -0.05) is 48.5 Å². The predicted molar refractivity (Wildman–Crippen MR) is 104 cm³/mol. The summed E-state index contributed by atoms with van der Waals surface area (Å²) in [7, 11) is 0. The normalized spacial score (nSPS) is 21.1. The van der Waals surface area contributed by atoms with E-state index < -0.39 is 0 Å². The zero-order valence-corrected chi connectivity index (χ0v) is 15.6. The minimum atomic E-state index is -0.185. The van der Waals surface area contributed by atoms with E-state index >= 15 is 0 Å². The number of ether oxygens (including phenoxy) is 1. The van der Waals surface area contributed by atoms with Crippen molar-refractivity contribution in [3.05, 3.63) is 65.7 Å². The molecule has 3 nitrogen and oxygen atoms in total. The summed E-state index contributed by atoms with van der Waals surface area (Å²) in [6.07, 6.45) is 2.40. The van der Waals surface area contributed by atoms with Crippen molar-refractivity contribution in [3.8, 4) is 5.75 Å². The molecule has 0 bridgehead atoms. The van der Waals surface area contributed by atoms with Crippen molar-refractivity contribution in [1.29, 1.82) is 0 Å².